The number of carbonyl (C=O) groups is 1. The van der Waals surface area contributed by atoms with Crippen molar-refractivity contribution in [1.29, 1.82) is 0 Å². The number of hydrogen-bond donors (Lipinski definition) is 2. The van der Waals surface area contributed by atoms with Gasteiger partial charge in [0.05, 0.1) is 24.3 Å². The molecule has 0 saturated carbocycles. The Morgan fingerprint density at radius 1 is 1.34 bits per heavy atom. The summed E-state index contributed by atoms with van der Waals surface area (Å²) in [5.41, 5.74) is 3.96. The molecule has 1 amide bonds. The Labute approximate surface area is 177 Å². The monoisotopic (exact) mass is 413 g/mol. The van der Waals surface area contributed by atoms with Gasteiger partial charge < -0.3 is 22.3 Å². The molecular weight excluding hydrogens is 388 g/mol. The lowest BCUT2D eigenvalue weighted by atomic mass is 9.66. The molecule has 1 aromatic rings. The number of para-hydroxylation sites is 1. The molecule has 29 heavy (non-hydrogen) atoms. The number of hydrogen-bond acceptors (Lipinski definition) is 3. The van der Waals surface area contributed by atoms with E-state index in [0.717, 1.165) is 30.5 Å². The Morgan fingerprint density at radius 3 is 2.86 bits per heavy atom. The number of amides is 1. The first-order valence-corrected chi connectivity index (χ1v) is 9.66. The molecule has 2 aliphatic carbocycles. The lowest BCUT2D eigenvalue weighted by Gasteiger charge is -2.38. The van der Waals surface area contributed by atoms with Gasteiger partial charge >= 0.3 is 5.91 Å². The molecule has 3 aliphatic rings. The number of halogens is 1. The summed E-state index contributed by atoms with van der Waals surface area (Å²) < 4.78 is 7.00. The van der Waals surface area contributed by atoms with Crippen molar-refractivity contribution in [3.63, 3.8) is 0 Å². The van der Waals surface area contributed by atoms with Crippen LogP contribution in [0, 0.1) is 5.92 Å². The fraction of sp³-hybridized carbons (Fsp3) is 0.348. The van der Waals surface area contributed by atoms with Crippen molar-refractivity contribution in [2.75, 3.05) is 7.11 Å². The largest absolute Gasteiger partial charge is 1.00 e. The summed E-state index contributed by atoms with van der Waals surface area (Å²) in [7, 11) is 1.54. The fourth-order valence-corrected chi connectivity index (χ4v) is 4.85. The molecule has 152 valence electrons. The number of fused-ring (bicyclic) bond motifs is 3. The van der Waals surface area contributed by atoms with E-state index in [-0.39, 0.29) is 29.6 Å². The molecule has 0 fully saturated rings. The second kappa shape index (κ2) is 7.99. The fourth-order valence-electron chi connectivity index (χ4n) is 4.85. The predicted octanol–water partition coefficient (Wildman–Crippen LogP) is -1.14. The van der Waals surface area contributed by atoms with Gasteiger partial charge in [0.25, 0.3) is 0 Å². The second-order valence-electron chi connectivity index (χ2n) is 7.79. The minimum absolute atomic E-state index is 0. The molecule has 1 aliphatic heterocycles. The van der Waals surface area contributed by atoms with Crippen molar-refractivity contribution in [1.82, 2.24) is 0 Å². The first-order valence-electron chi connectivity index (χ1n) is 9.66. The molecule has 1 aromatic carbocycles. The Kier molecular flexibility index (Phi) is 5.80. The van der Waals surface area contributed by atoms with Crippen LogP contribution in [0.5, 0.6) is 11.5 Å². The van der Waals surface area contributed by atoms with Gasteiger partial charge in [-0.15, -0.1) is 4.58 Å². The van der Waals surface area contributed by atoms with E-state index < -0.39 is 0 Å². The topological polar surface area (TPSA) is 63.5 Å². The molecule has 0 spiro atoms. The molecule has 0 aromatic heterocycles. The Morgan fingerprint density at radius 2 is 2.14 bits per heavy atom. The zero-order chi connectivity index (χ0) is 19.9. The molecule has 2 bridgehead atoms. The maximum absolute atomic E-state index is 12.3. The first-order chi connectivity index (χ1) is 13.5. The number of allylic oxidation sites excluding steroid dienone is 2. The number of methoxy groups -OCH3 is 1. The molecule has 0 unspecified atom stereocenters. The van der Waals surface area contributed by atoms with Crippen molar-refractivity contribution in [3.05, 3.63) is 58.8 Å². The number of ether oxygens (including phenoxy) is 1. The molecule has 4 rings (SSSR count). The van der Waals surface area contributed by atoms with E-state index in [2.05, 4.69) is 18.0 Å². The van der Waals surface area contributed by atoms with Crippen LogP contribution >= 0.6 is 0 Å². The number of carbonyl (C=O) groups excluding carboxylic acids is 1. The number of benzene rings is 1. The molecule has 6 heteroatoms. The standard InChI is InChI=1S/C23H24N2O3.ClH/c1-4-25-19-11-16-10-15(2)12-23(13-16,18(19)8-9-21(25)26)24-14-17-6-5-7-20(28-3)22(17)27;/h4-10,14,16H,11-13H2,1-3H3;1H/p+1/t16-,23+;/m1./s1. The summed E-state index contributed by atoms with van der Waals surface area (Å²) in [6.07, 6.45) is 12.4. The average molecular weight is 414 g/mol. The third kappa shape index (κ3) is 3.55. The minimum Gasteiger partial charge on any atom is -1.00 e. The van der Waals surface area contributed by atoms with Crippen LogP contribution < -0.4 is 22.1 Å². The second-order valence-corrected chi connectivity index (χ2v) is 7.79. The highest BCUT2D eigenvalue weighted by atomic mass is 35.5. The van der Waals surface area contributed by atoms with Gasteiger partial charge in [-0.2, -0.15) is 0 Å². The van der Waals surface area contributed by atoms with Gasteiger partial charge in [-0.3, -0.25) is 0 Å². The first kappa shape index (κ1) is 21.1. The summed E-state index contributed by atoms with van der Waals surface area (Å²) in [5.74, 6) is 0.959. The number of phenolic OH excluding ortho intramolecular Hbond substituents is 1. The zero-order valence-electron chi connectivity index (χ0n) is 16.9. The van der Waals surface area contributed by atoms with Gasteiger partial charge in [0.1, 0.15) is 0 Å². The van der Waals surface area contributed by atoms with Crippen LogP contribution in [0.4, 0.5) is 0 Å². The molecule has 1 heterocycles. The summed E-state index contributed by atoms with van der Waals surface area (Å²) in [6.45, 7) is 4.06. The van der Waals surface area contributed by atoms with Crippen LogP contribution in [0.1, 0.15) is 38.7 Å². The summed E-state index contributed by atoms with van der Waals surface area (Å²) >= 11 is 0. The van der Waals surface area contributed by atoms with Gasteiger partial charge in [0.15, 0.2) is 29.5 Å². The number of aromatic hydroxyl groups is 1. The average Bonchev–Trinajstić information content (AvgIpc) is 2.66. The van der Waals surface area contributed by atoms with Gasteiger partial charge in [-0.1, -0.05) is 17.7 Å². The highest BCUT2D eigenvalue weighted by molar-refractivity contribution is 5.86. The lowest BCUT2D eigenvalue weighted by Crippen LogP contribution is -3.00. The molecule has 0 radical (unpaired) electrons. The van der Waals surface area contributed by atoms with Crippen molar-refractivity contribution in [2.24, 2.45) is 5.92 Å². The molecular formula is C23H26ClN2O3+. The van der Waals surface area contributed by atoms with E-state index in [1.165, 1.54) is 5.57 Å². The van der Waals surface area contributed by atoms with Crippen molar-refractivity contribution in [2.45, 2.75) is 38.6 Å². The van der Waals surface area contributed by atoms with E-state index in [9.17, 15) is 9.90 Å². The zero-order valence-corrected chi connectivity index (χ0v) is 17.7. The number of nitrogens with one attached hydrogen (secondary N) is 1. The van der Waals surface area contributed by atoms with Gasteiger partial charge in [0, 0.05) is 26.2 Å². The normalized spacial score (nSPS) is 27.0. The third-order valence-electron chi connectivity index (χ3n) is 5.93. The van der Waals surface area contributed by atoms with Crippen LogP contribution in [0.25, 0.3) is 0 Å². The molecule has 2 N–H and O–H groups in total. The minimum atomic E-state index is -0.301. The van der Waals surface area contributed by atoms with Crippen LogP contribution in [0.2, 0.25) is 0 Å². The summed E-state index contributed by atoms with van der Waals surface area (Å²) in [6, 6.07) is 5.45. The highest BCUT2D eigenvalue weighted by Gasteiger charge is 2.52. The Hall–Kier alpha value is -2.66. The third-order valence-corrected chi connectivity index (χ3v) is 5.93. The quantitative estimate of drug-likeness (QED) is 0.374. The van der Waals surface area contributed by atoms with Gasteiger partial charge in [-0.25, -0.2) is 9.79 Å². The maximum atomic E-state index is 12.3. The van der Waals surface area contributed by atoms with E-state index in [0.29, 0.717) is 17.2 Å². The van der Waals surface area contributed by atoms with Crippen molar-refractivity contribution < 1.29 is 36.6 Å². The highest BCUT2D eigenvalue weighted by Crippen LogP contribution is 2.44. The molecule has 2 atom stereocenters. The molecule has 0 saturated heterocycles. The number of phenols is 1. The van der Waals surface area contributed by atoms with Gasteiger partial charge in [0.2, 0.25) is 5.70 Å². The number of nitrogens with zero attached hydrogens (tertiary/aromatic N) is 1. The van der Waals surface area contributed by atoms with Crippen LogP contribution in [0.3, 0.4) is 0 Å². The van der Waals surface area contributed by atoms with Crippen molar-refractivity contribution >= 4 is 18.3 Å². The SMILES string of the molecule is CC=[N+]1C(=O)C=CC2=C1C[C@H]1C=C(C)C[C@]2([NH+]=Cc2cccc(OC)c2O)C1.[Cl-]. The maximum Gasteiger partial charge on any atom is 0.417 e. The van der Waals surface area contributed by atoms with E-state index >= 15 is 0 Å². The van der Waals surface area contributed by atoms with Crippen LogP contribution in [-0.4, -0.2) is 40.7 Å². The predicted molar refractivity (Wildman–Crippen MR) is 108 cm³/mol. The van der Waals surface area contributed by atoms with E-state index in [4.69, 9.17) is 4.74 Å². The van der Waals surface area contributed by atoms with Crippen LogP contribution in [0.15, 0.2) is 53.3 Å². The van der Waals surface area contributed by atoms with Crippen molar-refractivity contribution in [3.8, 4) is 11.5 Å². The summed E-state index contributed by atoms with van der Waals surface area (Å²) in [4.78, 5) is 16.0. The van der Waals surface area contributed by atoms with Crippen LogP contribution in [-0.2, 0) is 4.79 Å². The van der Waals surface area contributed by atoms with E-state index in [1.54, 1.807) is 23.8 Å². The summed E-state index contributed by atoms with van der Waals surface area (Å²) in [5, 5.41) is 10.4. The molecule has 5 nitrogen and oxygen atoms in total. The van der Waals surface area contributed by atoms with E-state index in [1.807, 2.05) is 37.6 Å². The Bertz CT molecular complexity index is 1000. The lowest BCUT2D eigenvalue weighted by molar-refractivity contribution is -0.543. The van der Waals surface area contributed by atoms with Gasteiger partial charge in [-0.05, 0) is 31.1 Å². The number of rotatable bonds is 3. The smallest absolute Gasteiger partial charge is 0.417 e. The Balaban J connectivity index is 0.00000240.